The molecule has 0 aromatic heterocycles. The SMILES string of the molecule is NC(=O)[C@@H]1CCCN1C(=O)C1CCN(c2ccc(S(=O)(=O)N3CCOCC3)cc2[N+](=O)[O-])CC1. The first-order valence-corrected chi connectivity index (χ1v) is 12.8. The number of hydrogen-bond acceptors (Lipinski definition) is 8. The number of hydrogen-bond donors (Lipinski definition) is 1. The van der Waals surface area contributed by atoms with Crippen LogP contribution in [0.5, 0.6) is 0 Å². The number of benzene rings is 1. The quantitative estimate of drug-likeness (QED) is 0.436. The number of carbonyl (C=O) groups excluding carboxylic acids is 2. The van der Waals surface area contributed by atoms with Crippen molar-refractivity contribution in [3.63, 3.8) is 0 Å². The number of carbonyl (C=O) groups is 2. The molecule has 0 unspecified atom stereocenters. The summed E-state index contributed by atoms with van der Waals surface area (Å²) in [7, 11) is -3.86. The van der Waals surface area contributed by atoms with Gasteiger partial charge in [0.1, 0.15) is 11.7 Å². The van der Waals surface area contributed by atoms with Crippen LogP contribution in [0.2, 0.25) is 0 Å². The molecule has 12 nitrogen and oxygen atoms in total. The molecule has 2 N–H and O–H groups in total. The van der Waals surface area contributed by atoms with Gasteiger partial charge in [-0.2, -0.15) is 4.31 Å². The molecule has 1 atom stereocenters. The fraction of sp³-hybridized carbons (Fsp3) is 0.619. The van der Waals surface area contributed by atoms with Crippen LogP contribution < -0.4 is 10.6 Å². The lowest BCUT2D eigenvalue weighted by Crippen LogP contribution is -2.48. The highest BCUT2D eigenvalue weighted by Gasteiger charge is 2.38. The normalized spacial score (nSPS) is 22.6. The van der Waals surface area contributed by atoms with E-state index in [9.17, 15) is 28.1 Å². The zero-order valence-corrected chi connectivity index (χ0v) is 19.6. The van der Waals surface area contributed by atoms with Crippen LogP contribution in [0.1, 0.15) is 25.7 Å². The molecule has 0 saturated carbocycles. The Labute approximate surface area is 197 Å². The molecule has 186 valence electrons. The molecule has 0 aliphatic carbocycles. The average molecular weight is 496 g/mol. The molecule has 34 heavy (non-hydrogen) atoms. The number of rotatable bonds is 6. The van der Waals surface area contributed by atoms with E-state index in [2.05, 4.69) is 0 Å². The second-order valence-corrected chi connectivity index (χ2v) is 10.7. The minimum atomic E-state index is -3.86. The zero-order chi connectivity index (χ0) is 24.5. The fourth-order valence-electron chi connectivity index (χ4n) is 4.94. The van der Waals surface area contributed by atoms with Crippen LogP contribution >= 0.6 is 0 Å². The number of anilines is 1. The Morgan fingerprint density at radius 3 is 2.35 bits per heavy atom. The Hall–Kier alpha value is -2.77. The minimum Gasteiger partial charge on any atom is -0.379 e. The highest BCUT2D eigenvalue weighted by molar-refractivity contribution is 7.89. The van der Waals surface area contributed by atoms with Crippen molar-refractivity contribution in [3.8, 4) is 0 Å². The number of amides is 2. The number of nitro benzene ring substituents is 1. The predicted octanol–water partition coefficient (Wildman–Crippen LogP) is 0.308. The van der Waals surface area contributed by atoms with Crippen molar-refractivity contribution in [2.45, 2.75) is 36.6 Å². The first-order chi connectivity index (χ1) is 16.2. The monoisotopic (exact) mass is 495 g/mol. The van der Waals surface area contributed by atoms with Crippen molar-refractivity contribution in [2.75, 3.05) is 50.8 Å². The summed E-state index contributed by atoms with van der Waals surface area (Å²) >= 11 is 0. The second kappa shape index (κ2) is 9.84. The minimum absolute atomic E-state index is 0.0950. The third-order valence-electron chi connectivity index (χ3n) is 6.80. The summed E-state index contributed by atoms with van der Waals surface area (Å²) in [5.41, 5.74) is 5.47. The number of nitro groups is 1. The Morgan fingerprint density at radius 1 is 1.06 bits per heavy atom. The molecule has 2 amide bonds. The van der Waals surface area contributed by atoms with Gasteiger partial charge in [-0.3, -0.25) is 19.7 Å². The summed E-state index contributed by atoms with van der Waals surface area (Å²) in [5, 5.41) is 11.8. The lowest BCUT2D eigenvalue weighted by atomic mass is 9.94. The lowest BCUT2D eigenvalue weighted by molar-refractivity contribution is -0.384. The van der Waals surface area contributed by atoms with Crippen LogP contribution in [0.3, 0.4) is 0 Å². The Bertz CT molecular complexity index is 1070. The van der Waals surface area contributed by atoms with E-state index in [4.69, 9.17) is 10.5 Å². The third kappa shape index (κ3) is 4.72. The molecule has 1 aromatic carbocycles. The highest BCUT2D eigenvalue weighted by atomic mass is 32.2. The summed E-state index contributed by atoms with van der Waals surface area (Å²) in [4.78, 5) is 39.1. The van der Waals surface area contributed by atoms with Crippen LogP contribution in [-0.2, 0) is 24.3 Å². The standard InChI is InChI=1S/C21H29N5O7S/c22-20(27)18-2-1-7-25(18)21(28)15-5-8-23(9-6-15)17-4-3-16(14-19(17)26(29)30)34(31,32)24-10-12-33-13-11-24/h3-4,14-15,18H,1-2,5-13H2,(H2,22,27)/t18-/m0/s1. The maximum absolute atomic E-state index is 13.0. The van der Waals surface area contributed by atoms with Gasteiger partial charge in [-0.05, 0) is 37.8 Å². The molecule has 0 spiro atoms. The summed E-state index contributed by atoms with van der Waals surface area (Å²) in [5.74, 6) is -0.871. The number of likely N-dealkylation sites (tertiary alicyclic amines) is 1. The maximum Gasteiger partial charge on any atom is 0.293 e. The van der Waals surface area contributed by atoms with Gasteiger partial charge in [0, 0.05) is 44.7 Å². The molecule has 3 aliphatic rings. The first kappa shape index (κ1) is 24.4. The van der Waals surface area contributed by atoms with Gasteiger partial charge < -0.3 is 20.3 Å². The van der Waals surface area contributed by atoms with Gasteiger partial charge in [-0.15, -0.1) is 0 Å². The average Bonchev–Trinajstić information content (AvgIpc) is 3.34. The van der Waals surface area contributed by atoms with E-state index in [0.29, 0.717) is 44.6 Å². The van der Waals surface area contributed by atoms with E-state index >= 15 is 0 Å². The number of sulfonamides is 1. The van der Waals surface area contributed by atoms with Crippen LogP contribution in [0.25, 0.3) is 0 Å². The molecule has 3 heterocycles. The fourth-order valence-corrected chi connectivity index (χ4v) is 6.37. The Kier molecular flexibility index (Phi) is 7.05. The van der Waals surface area contributed by atoms with Crippen LogP contribution in [-0.4, -0.2) is 86.3 Å². The number of primary amides is 1. The number of morpholine rings is 1. The summed E-state index contributed by atoms with van der Waals surface area (Å²) in [6.07, 6.45) is 2.27. The van der Waals surface area contributed by atoms with Crippen LogP contribution in [0, 0.1) is 16.0 Å². The Balaban J connectivity index is 1.48. The van der Waals surface area contributed by atoms with Gasteiger partial charge in [0.15, 0.2) is 0 Å². The van der Waals surface area contributed by atoms with Gasteiger partial charge in [0.2, 0.25) is 21.8 Å². The van der Waals surface area contributed by atoms with Crippen LogP contribution in [0.4, 0.5) is 11.4 Å². The van der Waals surface area contributed by atoms with Crippen LogP contribution in [0.15, 0.2) is 23.1 Å². The summed E-state index contributed by atoms with van der Waals surface area (Å²) in [6, 6.07) is 3.41. The molecule has 3 aliphatic heterocycles. The molecule has 13 heteroatoms. The van der Waals surface area contributed by atoms with Crippen molar-refractivity contribution < 1.29 is 27.7 Å². The zero-order valence-electron chi connectivity index (χ0n) is 18.8. The number of nitrogens with two attached hydrogens (primary N) is 1. The molecule has 3 fully saturated rings. The van der Waals surface area contributed by atoms with Gasteiger partial charge in [0.05, 0.1) is 23.0 Å². The number of ether oxygens (including phenoxy) is 1. The number of piperidine rings is 1. The van der Waals surface area contributed by atoms with E-state index in [1.807, 2.05) is 4.90 Å². The smallest absolute Gasteiger partial charge is 0.293 e. The van der Waals surface area contributed by atoms with Gasteiger partial charge in [0.25, 0.3) is 5.69 Å². The molecule has 0 bridgehead atoms. The van der Waals surface area contributed by atoms with E-state index < -0.39 is 26.9 Å². The van der Waals surface area contributed by atoms with Crippen molar-refractivity contribution in [2.24, 2.45) is 11.7 Å². The van der Waals surface area contributed by atoms with Gasteiger partial charge >= 0.3 is 0 Å². The van der Waals surface area contributed by atoms with Crippen molar-refractivity contribution in [1.29, 1.82) is 0 Å². The predicted molar refractivity (Wildman–Crippen MR) is 122 cm³/mol. The van der Waals surface area contributed by atoms with Crippen molar-refractivity contribution >= 4 is 33.2 Å². The Morgan fingerprint density at radius 2 is 1.74 bits per heavy atom. The second-order valence-electron chi connectivity index (χ2n) is 8.78. The lowest BCUT2D eigenvalue weighted by Gasteiger charge is -2.35. The van der Waals surface area contributed by atoms with E-state index in [1.165, 1.54) is 16.4 Å². The summed E-state index contributed by atoms with van der Waals surface area (Å²) in [6.45, 7) is 2.29. The highest BCUT2D eigenvalue weighted by Crippen LogP contribution is 2.35. The molecule has 1 aromatic rings. The van der Waals surface area contributed by atoms with E-state index in [-0.39, 0.29) is 48.7 Å². The molecular formula is C21H29N5O7S. The van der Waals surface area contributed by atoms with Gasteiger partial charge in [-0.1, -0.05) is 0 Å². The molecule has 4 rings (SSSR count). The molecular weight excluding hydrogens is 466 g/mol. The number of nitrogens with zero attached hydrogens (tertiary/aromatic N) is 4. The maximum atomic E-state index is 13.0. The van der Waals surface area contributed by atoms with Crippen molar-refractivity contribution in [1.82, 2.24) is 9.21 Å². The largest absolute Gasteiger partial charge is 0.379 e. The van der Waals surface area contributed by atoms with Gasteiger partial charge in [-0.25, -0.2) is 8.42 Å². The molecule has 3 saturated heterocycles. The summed E-state index contributed by atoms with van der Waals surface area (Å²) < 4.78 is 32.3. The van der Waals surface area contributed by atoms with Crippen molar-refractivity contribution in [3.05, 3.63) is 28.3 Å². The van der Waals surface area contributed by atoms with E-state index in [0.717, 1.165) is 12.5 Å². The molecule has 0 radical (unpaired) electrons. The van der Waals surface area contributed by atoms with E-state index in [1.54, 1.807) is 4.90 Å². The third-order valence-corrected chi connectivity index (χ3v) is 8.70. The first-order valence-electron chi connectivity index (χ1n) is 11.4. The topological polar surface area (TPSA) is 156 Å².